The number of phenols is 3. The molecule has 3 rings (SSSR count). The Kier molecular flexibility index (Phi) is 7.13. The Morgan fingerprint density at radius 2 is 1.88 bits per heavy atom. The van der Waals surface area contributed by atoms with Crippen LogP contribution in [-0.2, 0) is 6.42 Å². The number of rotatable bonds is 7. The average molecular weight is 439 g/mol. The van der Waals surface area contributed by atoms with Crippen molar-refractivity contribution >= 4 is 5.78 Å². The fraction of sp³-hybridized carbons (Fsp3) is 0.346. The third kappa shape index (κ3) is 4.90. The maximum atomic E-state index is 13.3. The minimum atomic E-state index is -0.706. The number of methoxy groups -OCH3 is 1. The number of carbonyl (C=O) groups excluding carboxylic acids is 1. The topological polar surface area (TPSA) is 96.2 Å². The van der Waals surface area contributed by atoms with Gasteiger partial charge in [-0.3, -0.25) is 4.79 Å². The predicted molar refractivity (Wildman–Crippen MR) is 123 cm³/mol. The summed E-state index contributed by atoms with van der Waals surface area (Å²) in [7, 11) is 1.46. The normalized spacial score (nSPS) is 15.7. The molecule has 1 atom stereocenters. The number of hydrogen-bond donors (Lipinski definition) is 3. The summed E-state index contributed by atoms with van der Waals surface area (Å²) in [5.74, 6) is -0.849. The van der Waals surface area contributed by atoms with Crippen LogP contribution in [0, 0.1) is 0 Å². The molecule has 1 aliphatic heterocycles. The molecule has 0 radical (unpaired) electrons. The zero-order chi connectivity index (χ0) is 23.4. The Labute approximate surface area is 188 Å². The Bertz CT molecular complexity index is 1080. The van der Waals surface area contributed by atoms with Crippen molar-refractivity contribution in [2.45, 2.75) is 46.0 Å². The van der Waals surface area contributed by atoms with Crippen molar-refractivity contribution in [3.8, 4) is 28.7 Å². The van der Waals surface area contributed by atoms with Crippen LogP contribution in [0.3, 0.4) is 0 Å². The molecule has 6 heteroatoms. The van der Waals surface area contributed by atoms with Gasteiger partial charge >= 0.3 is 0 Å². The molecular weight excluding hydrogens is 408 g/mol. The highest BCUT2D eigenvalue weighted by atomic mass is 16.5. The molecule has 0 amide bonds. The van der Waals surface area contributed by atoms with Crippen LogP contribution >= 0.6 is 0 Å². The summed E-state index contributed by atoms with van der Waals surface area (Å²) in [6, 6.07) is 5.72. The van der Waals surface area contributed by atoms with Crippen LogP contribution in [0.15, 0.2) is 47.6 Å². The largest absolute Gasteiger partial charge is 0.508 e. The van der Waals surface area contributed by atoms with Crippen LogP contribution in [0.25, 0.3) is 0 Å². The lowest BCUT2D eigenvalue weighted by molar-refractivity contribution is 0.0888. The molecule has 0 bridgehead atoms. The quantitative estimate of drug-likeness (QED) is 0.501. The van der Waals surface area contributed by atoms with Crippen molar-refractivity contribution in [3.63, 3.8) is 0 Å². The van der Waals surface area contributed by atoms with Gasteiger partial charge in [-0.05, 0) is 46.1 Å². The van der Waals surface area contributed by atoms with E-state index in [9.17, 15) is 20.1 Å². The molecule has 0 saturated carbocycles. The lowest BCUT2D eigenvalue weighted by Crippen LogP contribution is -2.27. The van der Waals surface area contributed by atoms with E-state index in [4.69, 9.17) is 9.47 Å². The molecule has 0 aromatic heterocycles. The lowest BCUT2D eigenvalue weighted by atomic mass is 9.86. The molecule has 0 fully saturated rings. The number of aromatic hydroxyl groups is 3. The fourth-order valence-electron chi connectivity index (χ4n) is 3.87. The monoisotopic (exact) mass is 438 g/mol. The van der Waals surface area contributed by atoms with Crippen LogP contribution in [0.5, 0.6) is 28.7 Å². The van der Waals surface area contributed by atoms with Gasteiger partial charge in [-0.1, -0.05) is 29.4 Å². The maximum Gasteiger partial charge on any atom is 0.181 e. The highest BCUT2D eigenvalue weighted by molar-refractivity contribution is 6.07. The summed E-state index contributed by atoms with van der Waals surface area (Å²) < 4.78 is 11.2. The van der Waals surface area contributed by atoms with E-state index >= 15 is 0 Å². The van der Waals surface area contributed by atoms with Crippen molar-refractivity contribution in [2.75, 3.05) is 13.7 Å². The van der Waals surface area contributed by atoms with E-state index < -0.39 is 5.92 Å². The van der Waals surface area contributed by atoms with Gasteiger partial charge < -0.3 is 24.8 Å². The van der Waals surface area contributed by atoms with Crippen LogP contribution in [-0.4, -0.2) is 34.8 Å². The summed E-state index contributed by atoms with van der Waals surface area (Å²) in [6.07, 6.45) is 6.41. The van der Waals surface area contributed by atoms with E-state index in [0.717, 1.165) is 18.4 Å². The maximum absolute atomic E-state index is 13.3. The molecule has 0 aliphatic carbocycles. The Morgan fingerprint density at radius 3 is 2.56 bits per heavy atom. The van der Waals surface area contributed by atoms with Gasteiger partial charge in [0, 0.05) is 23.3 Å². The molecule has 0 unspecified atom stereocenters. The highest BCUT2D eigenvalue weighted by Crippen LogP contribution is 2.45. The molecule has 32 heavy (non-hydrogen) atoms. The van der Waals surface area contributed by atoms with Gasteiger partial charge in [0.15, 0.2) is 5.78 Å². The van der Waals surface area contributed by atoms with E-state index in [0.29, 0.717) is 23.3 Å². The van der Waals surface area contributed by atoms with Crippen molar-refractivity contribution < 1.29 is 29.6 Å². The molecule has 1 heterocycles. The summed E-state index contributed by atoms with van der Waals surface area (Å²) in [6.45, 7) is 6.19. The number of benzene rings is 2. The lowest BCUT2D eigenvalue weighted by Gasteiger charge is -2.28. The molecule has 3 N–H and O–H groups in total. The fourth-order valence-corrected chi connectivity index (χ4v) is 3.87. The first-order valence-electron chi connectivity index (χ1n) is 10.6. The van der Waals surface area contributed by atoms with Crippen LogP contribution in [0.4, 0.5) is 0 Å². The first-order chi connectivity index (χ1) is 15.2. The number of allylic oxidation sites excluding steroid dienone is 4. The number of fused-ring (bicyclic) bond motifs is 1. The van der Waals surface area contributed by atoms with E-state index in [1.165, 1.54) is 30.9 Å². The molecule has 2 aromatic rings. The van der Waals surface area contributed by atoms with Gasteiger partial charge in [-0.2, -0.15) is 0 Å². The molecule has 2 aromatic carbocycles. The van der Waals surface area contributed by atoms with Crippen molar-refractivity contribution in [1.82, 2.24) is 0 Å². The molecule has 0 saturated heterocycles. The SMILES string of the molecule is COc1cc(O)ccc1[C@H]1COc2c(C/C=C(\C)CCC=C(C)C)c(O)cc(O)c2C1=O. The van der Waals surface area contributed by atoms with Gasteiger partial charge in [0.2, 0.25) is 0 Å². The summed E-state index contributed by atoms with van der Waals surface area (Å²) in [5, 5.41) is 30.6. The number of ether oxygens (including phenoxy) is 2. The average Bonchev–Trinajstić information content (AvgIpc) is 2.73. The number of Topliss-reactive ketones (excluding diaryl/α,β-unsaturated/α-hetero) is 1. The van der Waals surface area contributed by atoms with Gasteiger partial charge in [0.05, 0.1) is 13.0 Å². The summed E-state index contributed by atoms with van der Waals surface area (Å²) in [5.41, 5.74) is 3.53. The second-order valence-electron chi connectivity index (χ2n) is 8.33. The molecule has 1 aliphatic rings. The van der Waals surface area contributed by atoms with Crippen molar-refractivity contribution in [3.05, 3.63) is 64.3 Å². The van der Waals surface area contributed by atoms with Gasteiger partial charge in [-0.25, -0.2) is 0 Å². The third-order valence-electron chi connectivity index (χ3n) is 5.64. The third-order valence-corrected chi connectivity index (χ3v) is 5.64. The van der Waals surface area contributed by atoms with E-state index in [-0.39, 0.29) is 41.0 Å². The first-order valence-corrected chi connectivity index (χ1v) is 10.6. The van der Waals surface area contributed by atoms with E-state index in [2.05, 4.69) is 19.9 Å². The molecule has 6 nitrogen and oxygen atoms in total. The number of ketones is 1. The number of phenolic OH excluding ortho intramolecular Hbond substituents is 3. The predicted octanol–water partition coefficient (Wildman–Crippen LogP) is 5.41. The van der Waals surface area contributed by atoms with E-state index in [1.807, 2.05) is 13.0 Å². The molecule has 0 spiro atoms. The van der Waals surface area contributed by atoms with Crippen LogP contribution in [0.1, 0.15) is 61.0 Å². The van der Waals surface area contributed by atoms with Crippen LogP contribution < -0.4 is 9.47 Å². The minimum Gasteiger partial charge on any atom is -0.508 e. The van der Waals surface area contributed by atoms with Gasteiger partial charge in [0.25, 0.3) is 0 Å². The first kappa shape index (κ1) is 23.3. The highest BCUT2D eigenvalue weighted by Gasteiger charge is 2.36. The van der Waals surface area contributed by atoms with E-state index in [1.54, 1.807) is 6.07 Å². The van der Waals surface area contributed by atoms with Gasteiger partial charge in [0.1, 0.15) is 40.9 Å². The Hall–Kier alpha value is -3.41. The van der Waals surface area contributed by atoms with Crippen molar-refractivity contribution in [2.24, 2.45) is 0 Å². The second kappa shape index (κ2) is 9.81. The zero-order valence-electron chi connectivity index (χ0n) is 18.9. The summed E-state index contributed by atoms with van der Waals surface area (Å²) >= 11 is 0. The smallest absolute Gasteiger partial charge is 0.181 e. The Balaban J connectivity index is 1.92. The number of carbonyl (C=O) groups is 1. The zero-order valence-corrected chi connectivity index (χ0v) is 18.9. The minimum absolute atomic E-state index is 0.0250. The number of hydrogen-bond acceptors (Lipinski definition) is 6. The molecular formula is C26H30O6. The molecule has 170 valence electrons. The summed E-state index contributed by atoms with van der Waals surface area (Å²) in [4.78, 5) is 13.3. The second-order valence-corrected chi connectivity index (χ2v) is 8.33. The van der Waals surface area contributed by atoms with Crippen molar-refractivity contribution in [1.29, 1.82) is 0 Å². The Morgan fingerprint density at radius 1 is 1.12 bits per heavy atom. The van der Waals surface area contributed by atoms with Crippen LogP contribution in [0.2, 0.25) is 0 Å². The standard InChI is InChI=1S/C26H30O6/c1-15(2)6-5-7-16(3)8-10-19-21(28)13-22(29)24-25(30)20(14-32-26(19)24)18-11-9-17(27)12-23(18)31-4/h6,8-9,11-13,20,27-29H,5,7,10,14H2,1-4H3/b16-8+/t20-/m1/s1. The van der Waals surface area contributed by atoms with Gasteiger partial charge in [-0.15, -0.1) is 0 Å².